The summed E-state index contributed by atoms with van der Waals surface area (Å²) in [6.45, 7) is 7.31. The van der Waals surface area contributed by atoms with E-state index in [2.05, 4.69) is 37.7 Å². The Bertz CT molecular complexity index is 945. The van der Waals surface area contributed by atoms with Gasteiger partial charge in [-0.15, -0.1) is 0 Å². The molecule has 0 spiro atoms. The Balaban J connectivity index is 1.31. The van der Waals surface area contributed by atoms with Crippen molar-refractivity contribution in [3.05, 3.63) is 59.4 Å². The number of rotatable bonds is 7. The van der Waals surface area contributed by atoms with E-state index in [4.69, 9.17) is 4.74 Å². The molecule has 0 radical (unpaired) electrons. The molecule has 0 bridgehead atoms. The maximum atomic E-state index is 12.6. The Morgan fingerprint density at radius 2 is 1.79 bits per heavy atom. The summed E-state index contributed by atoms with van der Waals surface area (Å²) in [7, 11) is 1.34. The number of fused-ring (bicyclic) bond motifs is 1. The van der Waals surface area contributed by atoms with Crippen molar-refractivity contribution < 1.29 is 19.1 Å². The lowest BCUT2D eigenvalue weighted by Gasteiger charge is -2.34. The van der Waals surface area contributed by atoms with Gasteiger partial charge >= 0.3 is 5.97 Å². The van der Waals surface area contributed by atoms with Gasteiger partial charge in [-0.3, -0.25) is 24.4 Å². The molecule has 2 aliphatic rings. The number of methoxy groups -OCH3 is 1. The van der Waals surface area contributed by atoms with Crippen LogP contribution < -0.4 is 4.74 Å². The summed E-state index contributed by atoms with van der Waals surface area (Å²) in [5.41, 5.74) is 3.35. The highest BCUT2D eigenvalue weighted by Crippen LogP contribution is 2.26. The number of nitrogens with zero attached hydrogens (tertiary/aromatic N) is 4. The first-order chi connectivity index (χ1) is 16.1. The molecule has 0 unspecified atom stereocenters. The number of ether oxygens (including phenoxy) is 2. The third-order valence-electron chi connectivity index (χ3n) is 6.21. The van der Waals surface area contributed by atoms with Crippen molar-refractivity contribution in [3.63, 3.8) is 0 Å². The van der Waals surface area contributed by atoms with Gasteiger partial charge in [0.2, 0.25) is 5.91 Å². The average Bonchev–Trinajstić information content (AvgIpc) is 3.06. The Morgan fingerprint density at radius 3 is 2.52 bits per heavy atom. The monoisotopic (exact) mass is 452 g/mol. The van der Waals surface area contributed by atoms with Crippen molar-refractivity contribution in [3.8, 4) is 5.75 Å². The number of amides is 1. The van der Waals surface area contributed by atoms with Gasteiger partial charge in [-0.1, -0.05) is 12.1 Å². The third-order valence-corrected chi connectivity index (χ3v) is 6.21. The number of benzene rings is 1. The fourth-order valence-electron chi connectivity index (χ4n) is 4.31. The number of pyridine rings is 1. The van der Waals surface area contributed by atoms with E-state index in [1.54, 1.807) is 4.90 Å². The minimum Gasteiger partial charge on any atom is -0.491 e. The van der Waals surface area contributed by atoms with E-state index >= 15 is 0 Å². The smallest absolute Gasteiger partial charge is 0.306 e. The molecule has 3 heterocycles. The molecule has 1 amide bonds. The van der Waals surface area contributed by atoms with Crippen molar-refractivity contribution in [2.75, 3.05) is 46.4 Å². The van der Waals surface area contributed by atoms with Gasteiger partial charge in [-0.25, -0.2) is 0 Å². The van der Waals surface area contributed by atoms with Crippen LogP contribution in [0.1, 0.15) is 29.7 Å². The Morgan fingerprint density at radius 1 is 1.00 bits per heavy atom. The van der Waals surface area contributed by atoms with E-state index < -0.39 is 0 Å². The van der Waals surface area contributed by atoms with Crippen LogP contribution in [-0.4, -0.2) is 78.0 Å². The molecule has 33 heavy (non-hydrogen) atoms. The second-order valence-corrected chi connectivity index (χ2v) is 8.56. The van der Waals surface area contributed by atoms with Gasteiger partial charge in [0.1, 0.15) is 12.4 Å². The third kappa shape index (κ3) is 6.52. The normalized spacial score (nSPS) is 17.1. The molecular weight excluding hydrogens is 420 g/mol. The van der Waals surface area contributed by atoms with Crippen LogP contribution in [0.2, 0.25) is 0 Å². The number of hydrogen-bond donors (Lipinski definition) is 0. The highest BCUT2D eigenvalue weighted by molar-refractivity contribution is 5.81. The van der Waals surface area contributed by atoms with Crippen LogP contribution >= 0.6 is 0 Å². The van der Waals surface area contributed by atoms with E-state index in [9.17, 15) is 9.59 Å². The molecule has 2 aliphatic heterocycles. The zero-order chi connectivity index (χ0) is 23.0. The van der Waals surface area contributed by atoms with Gasteiger partial charge in [0, 0.05) is 64.0 Å². The van der Waals surface area contributed by atoms with Crippen molar-refractivity contribution in [1.29, 1.82) is 0 Å². The zero-order valence-electron chi connectivity index (χ0n) is 19.2. The van der Waals surface area contributed by atoms with Gasteiger partial charge in [0.25, 0.3) is 0 Å². The number of hydrogen-bond acceptors (Lipinski definition) is 7. The number of esters is 1. The molecule has 0 atom stereocenters. The maximum Gasteiger partial charge on any atom is 0.306 e. The molecule has 2 aromatic rings. The van der Waals surface area contributed by atoms with Crippen LogP contribution in [0.25, 0.3) is 0 Å². The zero-order valence-corrected chi connectivity index (χ0v) is 19.2. The Labute approximate surface area is 195 Å². The van der Waals surface area contributed by atoms with Gasteiger partial charge in [-0.05, 0) is 29.8 Å². The number of piperazine rings is 1. The summed E-state index contributed by atoms with van der Waals surface area (Å²) in [6, 6.07) is 12.4. The minimum atomic E-state index is -0.364. The second kappa shape index (κ2) is 11.2. The lowest BCUT2D eigenvalue weighted by atomic mass is 10.1. The summed E-state index contributed by atoms with van der Waals surface area (Å²) in [6.07, 6.45) is 2.11. The van der Waals surface area contributed by atoms with E-state index in [0.29, 0.717) is 19.7 Å². The van der Waals surface area contributed by atoms with Crippen LogP contribution in [0.4, 0.5) is 0 Å². The average molecular weight is 453 g/mol. The molecule has 0 N–H and O–H groups in total. The van der Waals surface area contributed by atoms with E-state index in [-0.39, 0.29) is 24.7 Å². The minimum absolute atomic E-state index is 0.0497. The Kier molecular flexibility index (Phi) is 7.91. The summed E-state index contributed by atoms with van der Waals surface area (Å²) < 4.78 is 10.5. The summed E-state index contributed by atoms with van der Waals surface area (Å²) >= 11 is 0. The predicted octanol–water partition coefficient (Wildman–Crippen LogP) is 2.07. The molecule has 8 heteroatoms. The van der Waals surface area contributed by atoms with Crippen LogP contribution in [0.15, 0.2) is 42.6 Å². The molecule has 4 rings (SSSR count). The fraction of sp³-hybridized carbons (Fsp3) is 0.480. The lowest BCUT2D eigenvalue weighted by Crippen LogP contribution is -2.45. The molecule has 1 fully saturated rings. The van der Waals surface area contributed by atoms with E-state index in [0.717, 1.165) is 56.3 Å². The van der Waals surface area contributed by atoms with Gasteiger partial charge in [0.05, 0.1) is 25.8 Å². The lowest BCUT2D eigenvalue weighted by molar-refractivity contribution is -0.143. The molecule has 0 aliphatic carbocycles. The molecule has 1 saturated heterocycles. The number of aromatic nitrogens is 1. The predicted molar refractivity (Wildman–Crippen MR) is 123 cm³/mol. The highest BCUT2D eigenvalue weighted by Gasteiger charge is 2.22. The molecule has 1 aromatic heterocycles. The van der Waals surface area contributed by atoms with E-state index in [1.165, 1.54) is 12.7 Å². The molecule has 176 valence electrons. The van der Waals surface area contributed by atoms with Gasteiger partial charge in [0.15, 0.2) is 0 Å². The quantitative estimate of drug-likeness (QED) is 0.596. The molecular formula is C25H32N4O4. The molecule has 8 nitrogen and oxygen atoms in total. The van der Waals surface area contributed by atoms with Crippen LogP contribution in [-0.2, 0) is 34.0 Å². The largest absolute Gasteiger partial charge is 0.491 e. The highest BCUT2D eigenvalue weighted by atomic mass is 16.5. The number of carbonyl (C=O) groups is 2. The topological polar surface area (TPSA) is 75.2 Å². The summed E-state index contributed by atoms with van der Waals surface area (Å²) in [5.74, 6) is 0.422. The first-order valence-corrected chi connectivity index (χ1v) is 11.5. The standard InChI is InChI=1S/C25H32N4O4/c1-32-25(31)8-7-24(30)29-14-15-33-23-6-5-20(16-21(23)18-29)17-27-10-12-28(13-11-27)19-22-4-2-3-9-26-22/h2-6,9,16H,7-8,10-15,17-19H2,1H3. The van der Waals surface area contributed by atoms with Crippen LogP contribution in [0, 0.1) is 0 Å². The van der Waals surface area contributed by atoms with Crippen molar-refractivity contribution in [1.82, 2.24) is 19.7 Å². The number of carbonyl (C=O) groups excluding carboxylic acids is 2. The maximum absolute atomic E-state index is 12.6. The van der Waals surface area contributed by atoms with Crippen molar-refractivity contribution in [2.24, 2.45) is 0 Å². The summed E-state index contributed by atoms with van der Waals surface area (Å²) in [5, 5.41) is 0. The molecule has 1 aromatic carbocycles. The SMILES string of the molecule is COC(=O)CCC(=O)N1CCOc2ccc(CN3CCN(Cc4ccccn4)CC3)cc2C1. The summed E-state index contributed by atoms with van der Waals surface area (Å²) in [4.78, 5) is 35.1. The second-order valence-electron chi connectivity index (χ2n) is 8.56. The molecule has 0 saturated carbocycles. The van der Waals surface area contributed by atoms with Crippen molar-refractivity contribution >= 4 is 11.9 Å². The first-order valence-electron chi connectivity index (χ1n) is 11.5. The van der Waals surface area contributed by atoms with Crippen LogP contribution in [0.3, 0.4) is 0 Å². The van der Waals surface area contributed by atoms with E-state index in [1.807, 2.05) is 24.4 Å². The van der Waals surface area contributed by atoms with Gasteiger partial charge < -0.3 is 14.4 Å². The van der Waals surface area contributed by atoms with Crippen LogP contribution in [0.5, 0.6) is 5.75 Å². The fourth-order valence-corrected chi connectivity index (χ4v) is 4.31. The van der Waals surface area contributed by atoms with Crippen molar-refractivity contribution in [2.45, 2.75) is 32.5 Å². The van der Waals surface area contributed by atoms with Gasteiger partial charge in [-0.2, -0.15) is 0 Å². The Hall–Kier alpha value is -2.97. The first kappa shape index (κ1) is 23.2.